The zero-order valence-electron chi connectivity index (χ0n) is 19.1. The van der Waals surface area contributed by atoms with Crippen molar-refractivity contribution in [3.05, 3.63) is 59.7 Å². The molecule has 0 saturated heterocycles. The Morgan fingerprint density at radius 3 is 1.91 bits per heavy atom. The summed E-state index contributed by atoms with van der Waals surface area (Å²) in [6.45, 7) is 8.26. The fourth-order valence-electron chi connectivity index (χ4n) is 3.87. The Hall–Kier alpha value is -3.35. The lowest BCUT2D eigenvalue weighted by molar-refractivity contribution is -0.146. The van der Waals surface area contributed by atoms with E-state index in [9.17, 15) is 19.5 Å². The summed E-state index contributed by atoms with van der Waals surface area (Å²) in [5.74, 6) is -1.85. The van der Waals surface area contributed by atoms with Crippen molar-refractivity contribution in [2.75, 3.05) is 6.61 Å². The van der Waals surface area contributed by atoms with Crippen LogP contribution in [0.3, 0.4) is 0 Å². The Bertz CT molecular complexity index is 993. The normalized spacial score (nSPS) is 14.2. The number of nitrogens with one attached hydrogen (secondary N) is 2. The fraction of sp³-hybridized carbons (Fsp3) is 0.400. The van der Waals surface area contributed by atoms with Crippen molar-refractivity contribution in [3.8, 4) is 11.1 Å². The molecule has 0 saturated carbocycles. The topological polar surface area (TPSA) is 105 Å². The Balaban J connectivity index is 1.71. The molecule has 2 amide bonds. The van der Waals surface area contributed by atoms with Crippen LogP contribution in [0.1, 0.15) is 51.7 Å². The summed E-state index contributed by atoms with van der Waals surface area (Å²) in [6, 6.07) is 15.1. The lowest BCUT2D eigenvalue weighted by atomic mass is 9.85. The standard InChI is InChI=1S/C25H30N2O5/c1-24(2,3)20(21(28)27-25(4,5)22(29)30)26-23(31)32-14-19-17-12-8-6-10-15(17)16-11-7-9-13-18(16)19/h6-13,19-20H,14H2,1-5H3,(H,26,31)(H,27,28)(H,29,30)/t20-/m0/s1. The molecule has 32 heavy (non-hydrogen) atoms. The van der Waals surface area contributed by atoms with Crippen LogP contribution in [-0.4, -0.2) is 41.3 Å². The van der Waals surface area contributed by atoms with Crippen molar-refractivity contribution in [1.29, 1.82) is 0 Å². The van der Waals surface area contributed by atoms with Crippen LogP contribution in [0.2, 0.25) is 0 Å². The molecule has 2 aromatic carbocycles. The van der Waals surface area contributed by atoms with Crippen LogP contribution in [0, 0.1) is 5.41 Å². The maximum absolute atomic E-state index is 12.8. The highest BCUT2D eigenvalue weighted by atomic mass is 16.5. The van der Waals surface area contributed by atoms with Crippen molar-refractivity contribution in [2.45, 2.75) is 52.1 Å². The number of hydrogen-bond donors (Lipinski definition) is 3. The lowest BCUT2D eigenvalue weighted by Gasteiger charge is -2.32. The number of fused-ring (bicyclic) bond motifs is 3. The summed E-state index contributed by atoms with van der Waals surface area (Å²) in [7, 11) is 0. The summed E-state index contributed by atoms with van der Waals surface area (Å²) >= 11 is 0. The summed E-state index contributed by atoms with van der Waals surface area (Å²) < 4.78 is 5.55. The van der Waals surface area contributed by atoms with Gasteiger partial charge in [-0.25, -0.2) is 9.59 Å². The smallest absolute Gasteiger partial charge is 0.407 e. The maximum Gasteiger partial charge on any atom is 0.407 e. The molecule has 3 N–H and O–H groups in total. The molecule has 170 valence electrons. The van der Waals surface area contributed by atoms with E-state index in [1.165, 1.54) is 13.8 Å². The minimum absolute atomic E-state index is 0.0963. The number of carbonyl (C=O) groups is 3. The molecular weight excluding hydrogens is 408 g/mol. The molecule has 1 aliphatic rings. The fourth-order valence-corrected chi connectivity index (χ4v) is 3.87. The first kappa shape index (κ1) is 23.3. The molecule has 1 aliphatic carbocycles. The van der Waals surface area contributed by atoms with Gasteiger partial charge in [-0.3, -0.25) is 4.79 Å². The number of alkyl carbamates (subject to hydrolysis) is 1. The first-order valence-electron chi connectivity index (χ1n) is 10.6. The summed E-state index contributed by atoms with van der Waals surface area (Å²) in [6.07, 6.45) is -0.727. The average Bonchev–Trinajstić information content (AvgIpc) is 3.03. The number of benzene rings is 2. The van der Waals surface area contributed by atoms with Gasteiger partial charge in [-0.2, -0.15) is 0 Å². The average molecular weight is 439 g/mol. The minimum Gasteiger partial charge on any atom is -0.480 e. The van der Waals surface area contributed by atoms with E-state index in [0.717, 1.165) is 22.3 Å². The van der Waals surface area contributed by atoms with Crippen molar-refractivity contribution < 1.29 is 24.2 Å². The molecule has 0 aliphatic heterocycles. The summed E-state index contributed by atoms with van der Waals surface area (Å²) in [4.78, 5) is 36.8. The summed E-state index contributed by atoms with van der Waals surface area (Å²) in [5, 5.41) is 14.4. The zero-order valence-corrected chi connectivity index (χ0v) is 19.1. The van der Waals surface area contributed by atoms with Crippen molar-refractivity contribution in [1.82, 2.24) is 10.6 Å². The second-order valence-corrected chi connectivity index (χ2v) is 9.69. The second kappa shape index (κ2) is 8.65. The number of ether oxygens (including phenoxy) is 1. The Morgan fingerprint density at radius 2 is 1.44 bits per heavy atom. The van der Waals surface area contributed by atoms with E-state index >= 15 is 0 Å². The first-order chi connectivity index (χ1) is 14.9. The van der Waals surface area contributed by atoms with Crippen LogP contribution < -0.4 is 10.6 Å². The molecule has 3 rings (SSSR count). The van der Waals surface area contributed by atoms with E-state index in [1.807, 2.05) is 36.4 Å². The van der Waals surface area contributed by atoms with Crippen molar-refractivity contribution in [2.24, 2.45) is 5.41 Å². The van der Waals surface area contributed by atoms with Gasteiger partial charge in [0.25, 0.3) is 0 Å². The Kier molecular flexibility index (Phi) is 6.30. The van der Waals surface area contributed by atoms with Gasteiger partial charge in [0, 0.05) is 5.92 Å². The molecule has 0 spiro atoms. The van der Waals surface area contributed by atoms with E-state index in [-0.39, 0.29) is 12.5 Å². The molecule has 7 nitrogen and oxygen atoms in total. The molecule has 7 heteroatoms. The van der Waals surface area contributed by atoms with Crippen molar-refractivity contribution >= 4 is 18.0 Å². The van der Waals surface area contributed by atoms with Crippen LogP contribution in [0.25, 0.3) is 11.1 Å². The molecule has 2 aromatic rings. The van der Waals surface area contributed by atoms with Gasteiger partial charge >= 0.3 is 12.1 Å². The highest BCUT2D eigenvalue weighted by Crippen LogP contribution is 2.44. The quantitative estimate of drug-likeness (QED) is 0.634. The molecular formula is C25H30N2O5. The largest absolute Gasteiger partial charge is 0.480 e. The number of rotatable bonds is 6. The van der Waals surface area contributed by atoms with Gasteiger partial charge in [0.1, 0.15) is 18.2 Å². The molecule has 0 heterocycles. The molecule has 0 fully saturated rings. The third kappa shape index (κ3) is 4.77. The van der Waals surface area contributed by atoms with E-state index in [0.29, 0.717) is 0 Å². The van der Waals surface area contributed by atoms with E-state index in [2.05, 4.69) is 22.8 Å². The number of amides is 2. The van der Waals surface area contributed by atoms with Gasteiger partial charge < -0.3 is 20.5 Å². The summed E-state index contributed by atoms with van der Waals surface area (Å²) in [5.41, 5.74) is 2.30. The number of carbonyl (C=O) groups excluding carboxylic acids is 2. The van der Waals surface area contributed by atoms with Crippen molar-refractivity contribution in [3.63, 3.8) is 0 Å². The molecule has 0 aromatic heterocycles. The third-order valence-corrected chi connectivity index (χ3v) is 5.70. The van der Waals surface area contributed by atoms with Crippen LogP contribution in [-0.2, 0) is 14.3 Å². The van der Waals surface area contributed by atoms with Gasteiger partial charge in [0.05, 0.1) is 0 Å². The Morgan fingerprint density at radius 1 is 0.938 bits per heavy atom. The maximum atomic E-state index is 12.8. The van der Waals surface area contributed by atoms with E-state index < -0.39 is 35.0 Å². The first-order valence-corrected chi connectivity index (χ1v) is 10.6. The highest BCUT2D eigenvalue weighted by Gasteiger charge is 2.38. The number of aliphatic carboxylic acids is 1. The van der Waals surface area contributed by atoms with Crippen LogP contribution >= 0.6 is 0 Å². The van der Waals surface area contributed by atoms with Gasteiger partial charge in [-0.15, -0.1) is 0 Å². The van der Waals surface area contributed by atoms with Crippen LogP contribution in [0.15, 0.2) is 48.5 Å². The predicted octanol–water partition coefficient (Wildman–Crippen LogP) is 3.92. The number of carboxylic acids is 1. The zero-order chi connectivity index (χ0) is 23.7. The number of hydrogen-bond acceptors (Lipinski definition) is 4. The monoisotopic (exact) mass is 438 g/mol. The minimum atomic E-state index is -1.47. The molecule has 0 radical (unpaired) electrons. The number of carboxylic acid groups (broad SMARTS) is 1. The molecule has 0 unspecified atom stereocenters. The van der Waals surface area contributed by atoms with E-state index in [4.69, 9.17) is 4.74 Å². The van der Waals surface area contributed by atoms with Gasteiger partial charge in [-0.05, 0) is 41.5 Å². The lowest BCUT2D eigenvalue weighted by Crippen LogP contribution is -2.59. The highest BCUT2D eigenvalue weighted by molar-refractivity contribution is 5.91. The SMILES string of the molecule is CC(C)(NC(=O)[C@H](NC(=O)OCC1c2ccccc2-c2ccccc21)C(C)(C)C)C(=O)O. The van der Waals surface area contributed by atoms with Gasteiger partial charge in [0.2, 0.25) is 5.91 Å². The van der Waals surface area contributed by atoms with Crippen LogP contribution in [0.4, 0.5) is 4.79 Å². The molecule has 0 bridgehead atoms. The predicted molar refractivity (Wildman–Crippen MR) is 121 cm³/mol. The second-order valence-electron chi connectivity index (χ2n) is 9.69. The molecule has 1 atom stereocenters. The van der Waals surface area contributed by atoms with E-state index in [1.54, 1.807) is 20.8 Å². The van der Waals surface area contributed by atoms with Crippen LogP contribution in [0.5, 0.6) is 0 Å². The third-order valence-electron chi connectivity index (χ3n) is 5.70. The van der Waals surface area contributed by atoms with Gasteiger partial charge in [0.15, 0.2) is 0 Å². The van der Waals surface area contributed by atoms with Gasteiger partial charge in [-0.1, -0.05) is 69.3 Å². The Labute approximate surface area is 188 Å².